The number of pyridine rings is 1. The van der Waals surface area contributed by atoms with Crippen molar-refractivity contribution < 1.29 is 14.3 Å². The summed E-state index contributed by atoms with van der Waals surface area (Å²) >= 11 is 0. The van der Waals surface area contributed by atoms with Crippen LogP contribution in [0.15, 0.2) is 54.6 Å². The molecular weight excluding hydrogens is 430 g/mol. The van der Waals surface area contributed by atoms with Crippen LogP contribution in [0.3, 0.4) is 0 Å². The standard InChI is InChI=1S/C26H33N5O3/c1-33-16-15-31-13-11-21(12-14-31)28-26(32)29-22-8-9-23-19(17-22)7-10-25(30-23)27-18-20-5-3-4-6-24(20)34-2/h3-10,17,21H,11-16,18H2,1-2H3,(H,27,30)(H2,28,29,32). The van der Waals surface area contributed by atoms with Crippen LogP contribution in [0.5, 0.6) is 5.75 Å². The van der Waals surface area contributed by atoms with Crippen LogP contribution >= 0.6 is 0 Å². The number of amides is 2. The fourth-order valence-corrected chi connectivity index (χ4v) is 4.21. The summed E-state index contributed by atoms with van der Waals surface area (Å²) in [4.78, 5) is 19.6. The average Bonchev–Trinajstić information content (AvgIpc) is 2.87. The number of urea groups is 1. The molecule has 180 valence electrons. The Balaban J connectivity index is 1.30. The van der Waals surface area contributed by atoms with Gasteiger partial charge in [0.1, 0.15) is 11.6 Å². The number of aromatic nitrogens is 1. The third kappa shape index (κ3) is 6.36. The topological polar surface area (TPSA) is 87.8 Å². The minimum Gasteiger partial charge on any atom is -0.496 e. The maximum atomic E-state index is 12.5. The monoisotopic (exact) mass is 463 g/mol. The molecule has 0 aliphatic carbocycles. The Hall–Kier alpha value is -3.36. The molecule has 2 aromatic carbocycles. The fourth-order valence-electron chi connectivity index (χ4n) is 4.21. The molecule has 8 heteroatoms. The van der Waals surface area contributed by atoms with Gasteiger partial charge in [-0.2, -0.15) is 0 Å². The Kier molecular flexibility index (Phi) is 8.17. The molecule has 0 bridgehead atoms. The zero-order valence-corrected chi connectivity index (χ0v) is 19.8. The zero-order chi connectivity index (χ0) is 23.8. The summed E-state index contributed by atoms with van der Waals surface area (Å²) in [5.74, 6) is 1.63. The van der Waals surface area contributed by atoms with Gasteiger partial charge in [-0.15, -0.1) is 0 Å². The molecule has 2 heterocycles. The number of benzene rings is 2. The summed E-state index contributed by atoms with van der Waals surface area (Å²) in [7, 11) is 3.40. The molecule has 1 fully saturated rings. The number of fused-ring (bicyclic) bond motifs is 1. The summed E-state index contributed by atoms with van der Waals surface area (Å²) in [6, 6.07) is 17.6. The largest absolute Gasteiger partial charge is 0.496 e. The summed E-state index contributed by atoms with van der Waals surface area (Å²) in [5.41, 5.74) is 2.68. The van der Waals surface area contributed by atoms with Gasteiger partial charge in [0.2, 0.25) is 0 Å². The SMILES string of the molecule is COCCN1CCC(NC(=O)Nc2ccc3nc(NCc4ccccc4OC)ccc3c2)CC1. The molecule has 8 nitrogen and oxygen atoms in total. The lowest BCUT2D eigenvalue weighted by atomic mass is 10.1. The predicted molar refractivity (Wildman–Crippen MR) is 136 cm³/mol. The number of hydrogen-bond acceptors (Lipinski definition) is 6. The van der Waals surface area contributed by atoms with Gasteiger partial charge in [-0.05, 0) is 49.2 Å². The van der Waals surface area contributed by atoms with E-state index in [0.717, 1.165) is 72.8 Å². The second-order valence-corrected chi connectivity index (χ2v) is 8.48. The van der Waals surface area contributed by atoms with Gasteiger partial charge in [0, 0.05) is 56.0 Å². The number of carbonyl (C=O) groups is 1. The number of hydrogen-bond donors (Lipinski definition) is 3. The number of methoxy groups -OCH3 is 2. The summed E-state index contributed by atoms with van der Waals surface area (Å²) in [5, 5.41) is 10.4. The third-order valence-electron chi connectivity index (χ3n) is 6.13. The highest BCUT2D eigenvalue weighted by Gasteiger charge is 2.20. The molecule has 0 spiro atoms. The molecule has 4 rings (SSSR count). The van der Waals surface area contributed by atoms with Crippen molar-refractivity contribution in [2.75, 3.05) is 51.1 Å². The van der Waals surface area contributed by atoms with Crippen LogP contribution in [0.4, 0.5) is 16.3 Å². The van der Waals surface area contributed by atoms with Crippen LogP contribution in [0.2, 0.25) is 0 Å². The maximum Gasteiger partial charge on any atom is 0.319 e. The first-order valence-corrected chi connectivity index (χ1v) is 11.7. The van der Waals surface area contributed by atoms with Gasteiger partial charge in [0.25, 0.3) is 0 Å². The van der Waals surface area contributed by atoms with Gasteiger partial charge in [0.15, 0.2) is 0 Å². The molecule has 1 aliphatic rings. The maximum absolute atomic E-state index is 12.5. The Bertz CT molecular complexity index is 1100. The molecule has 0 saturated carbocycles. The van der Waals surface area contributed by atoms with Crippen LogP contribution in [-0.4, -0.2) is 62.4 Å². The summed E-state index contributed by atoms with van der Waals surface area (Å²) in [6.07, 6.45) is 1.90. The minimum absolute atomic E-state index is 0.169. The summed E-state index contributed by atoms with van der Waals surface area (Å²) < 4.78 is 10.6. The first-order chi connectivity index (χ1) is 16.6. The van der Waals surface area contributed by atoms with E-state index in [4.69, 9.17) is 14.5 Å². The quantitative estimate of drug-likeness (QED) is 0.443. The van der Waals surface area contributed by atoms with E-state index in [0.29, 0.717) is 6.54 Å². The minimum atomic E-state index is -0.169. The van der Waals surface area contributed by atoms with Crippen LogP contribution in [0.1, 0.15) is 18.4 Å². The van der Waals surface area contributed by atoms with Gasteiger partial charge in [-0.1, -0.05) is 18.2 Å². The molecule has 3 N–H and O–H groups in total. The van der Waals surface area contributed by atoms with Gasteiger partial charge in [-0.3, -0.25) is 0 Å². The Morgan fingerprint density at radius 2 is 1.91 bits per heavy atom. The van der Waals surface area contributed by atoms with Crippen LogP contribution < -0.4 is 20.7 Å². The average molecular weight is 464 g/mol. The second-order valence-electron chi connectivity index (χ2n) is 8.48. The molecule has 34 heavy (non-hydrogen) atoms. The fraction of sp³-hybridized carbons (Fsp3) is 0.385. The molecule has 0 radical (unpaired) electrons. The lowest BCUT2D eigenvalue weighted by molar-refractivity contribution is 0.127. The van der Waals surface area contributed by atoms with E-state index >= 15 is 0 Å². The number of carbonyl (C=O) groups excluding carboxylic acids is 1. The number of anilines is 2. The first-order valence-electron chi connectivity index (χ1n) is 11.7. The highest BCUT2D eigenvalue weighted by molar-refractivity contribution is 5.93. The Morgan fingerprint density at radius 1 is 1.09 bits per heavy atom. The normalized spacial score (nSPS) is 14.6. The molecular formula is C26H33N5O3. The molecule has 1 aromatic heterocycles. The Labute approximate surface area is 200 Å². The van der Waals surface area contributed by atoms with Crippen molar-refractivity contribution >= 4 is 28.4 Å². The third-order valence-corrected chi connectivity index (χ3v) is 6.13. The van der Waals surface area contributed by atoms with Gasteiger partial charge < -0.3 is 30.3 Å². The van der Waals surface area contributed by atoms with Crippen molar-refractivity contribution in [2.24, 2.45) is 0 Å². The van der Waals surface area contributed by atoms with Crippen molar-refractivity contribution in [2.45, 2.75) is 25.4 Å². The van der Waals surface area contributed by atoms with E-state index in [9.17, 15) is 4.79 Å². The number of nitrogens with zero attached hydrogens (tertiary/aromatic N) is 2. The van der Waals surface area contributed by atoms with Crippen molar-refractivity contribution in [1.82, 2.24) is 15.2 Å². The number of rotatable bonds is 9. The molecule has 0 atom stereocenters. The number of nitrogens with one attached hydrogen (secondary N) is 3. The van der Waals surface area contributed by atoms with E-state index in [1.165, 1.54) is 0 Å². The summed E-state index contributed by atoms with van der Waals surface area (Å²) in [6.45, 7) is 4.26. The van der Waals surface area contributed by atoms with Crippen molar-refractivity contribution in [3.63, 3.8) is 0 Å². The molecule has 1 saturated heterocycles. The highest BCUT2D eigenvalue weighted by Crippen LogP contribution is 2.22. The van der Waals surface area contributed by atoms with Gasteiger partial charge in [-0.25, -0.2) is 9.78 Å². The molecule has 0 unspecified atom stereocenters. The second kappa shape index (κ2) is 11.7. The molecule has 2 amide bonds. The zero-order valence-electron chi connectivity index (χ0n) is 19.8. The highest BCUT2D eigenvalue weighted by atomic mass is 16.5. The Morgan fingerprint density at radius 3 is 2.71 bits per heavy atom. The van der Waals surface area contributed by atoms with Crippen molar-refractivity contribution in [1.29, 1.82) is 0 Å². The van der Waals surface area contributed by atoms with E-state index in [1.54, 1.807) is 14.2 Å². The number of ether oxygens (including phenoxy) is 2. The van der Waals surface area contributed by atoms with E-state index < -0.39 is 0 Å². The molecule has 1 aliphatic heterocycles. The number of likely N-dealkylation sites (tertiary alicyclic amines) is 1. The lowest BCUT2D eigenvalue weighted by Gasteiger charge is -2.32. The van der Waals surface area contributed by atoms with E-state index in [-0.39, 0.29) is 12.1 Å². The van der Waals surface area contributed by atoms with Gasteiger partial charge in [0.05, 0.1) is 19.2 Å². The number of para-hydroxylation sites is 1. The van der Waals surface area contributed by atoms with Crippen LogP contribution in [0, 0.1) is 0 Å². The van der Waals surface area contributed by atoms with Crippen LogP contribution in [0.25, 0.3) is 10.9 Å². The molecule has 3 aromatic rings. The first kappa shape index (κ1) is 23.8. The predicted octanol–water partition coefficient (Wildman–Crippen LogP) is 4.09. The number of piperidine rings is 1. The van der Waals surface area contributed by atoms with Gasteiger partial charge >= 0.3 is 6.03 Å². The smallest absolute Gasteiger partial charge is 0.319 e. The van der Waals surface area contributed by atoms with Crippen molar-refractivity contribution in [3.8, 4) is 5.75 Å². The van der Waals surface area contributed by atoms with E-state index in [2.05, 4.69) is 20.9 Å². The van der Waals surface area contributed by atoms with Crippen molar-refractivity contribution in [3.05, 3.63) is 60.2 Å². The van der Waals surface area contributed by atoms with E-state index in [1.807, 2.05) is 54.6 Å². The van der Waals surface area contributed by atoms with Crippen LogP contribution in [-0.2, 0) is 11.3 Å². The lowest BCUT2D eigenvalue weighted by Crippen LogP contribution is -2.46.